The van der Waals surface area contributed by atoms with Crippen molar-refractivity contribution in [3.63, 3.8) is 0 Å². The Morgan fingerprint density at radius 2 is 1.65 bits per heavy atom. The summed E-state index contributed by atoms with van der Waals surface area (Å²) < 4.78 is 0. The molecule has 2 heteroatoms. The van der Waals surface area contributed by atoms with Crippen molar-refractivity contribution in [1.29, 1.82) is 0 Å². The largest absolute Gasteiger partial charge is 0.256 e. The van der Waals surface area contributed by atoms with Gasteiger partial charge in [0.15, 0.2) is 0 Å². The lowest BCUT2D eigenvalue weighted by molar-refractivity contribution is 0.590. The average Bonchev–Trinajstić information content (AvgIpc) is 2.46. The zero-order chi connectivity index (χ0) is 14.2. The highest BCUT2D eigenvalue weighted by molar-refractivity contribution is 5.81. The molecule has 3 rings (SSSR count). The molecule has 0 aliphatic rings. The monoisotopic (exact) mass is 262 g/mol. The van der Waals surface area contributed by atoms with Crippen LogP contribution < -0.4 is 0 Å². The summed E-state index contributed by atoms with van der Waals surface area (Å²) in [5, 5.41) is 1.07. The normalized spacial score (nSPS) is 11.8. The van der Waals surface area contributed by atoms with Gasteiger partial charge in [0.2, 0.25) is 0 Å². The van der Waals surface area contributed by atoms with Gasteiger partial charge < -0.3 is 0 Å². The molecule has 3 aromatic rings. The van der Waals surface area contributed by atoms with E-state index in [-0.39, 0.29) is 5.41 Å². The van der Waals surface area contributed by atoms with Crippen molar-refractivity contribution in [2.75, 3.05) is 0 Å². The number of pyridine rings is 2. The third-order valence-corrected chi connectivity index (χ3v) is 3.53. The molecule has 2 aromatic heterocycles. The summed E-state index contributed by atoms with van der Waals surface area (Å²) in [4.78, 5) is 8.91. The summed E-state index contributed by atoms with van der Waals surface area (Å²) in [7, 11) is 0. The van der Waals surface area contributed by atoms with E-state index in [0.29, 0.717) is 0 Å². The van der Waals surface area contributed by atoms with Crippen molar-refractivity contribution in [3.8, 4) is 11.3 Å². The van der Waals surface area contributed by atoms with Crippen LogP contribution in [0.4, 0.5) is 0 Å². The van der Waals surface area contributed by atoms with Crippen molar-refractivity contribution in [2.45, 2.75) is 26.2 Å². The van der Waals surface area contributed by atoms with Crippen LogP contribution in [0.3, 0.4) is 0 Å². The van der Waals surface area contributed by atoms with Crippen LogP contribution >= 0.6 is 0 Å². The minimum Gasteiger partial charge on any atom is -0.256 e. The smallest absolute Gasteiger partial charge is 0.0739 e. The lowest BCUT2D eigenvalue weighted by Gasteiger charge is -2.19. The Morgan fingerprint density at radius 3 is 2.35 bits per heavy atom. The van der Waals surface area contributed by atoms with Crippen molar-refractivity contribution < 1.29 is 0 Å². The average molecular weight is 262 g/mol. The van der Waals surface area contributed by atoms with E-state index in [4.69, 9.17) is 0 Å². The van der Waals surface area contributed by atoms with E-state index in [1.807, 2.05) is 30.6 Å². The Morgan fingerprint density at radius 1 is 0.900 bits per heavy atom. The zero-order valence-electron chi connectivity index (χ0n) is 12.1. The summed E-state index contributed by atoms with van der Waals surface area (Å²) in [6.07, 6.45) is 3.70. The summed E-state index contributed by atoms with van der Waals surface area (Å²) in [6, 6.07) is 14.6. The van der Waals surface area contributed by atoms with Crippen molar-refractivity contribution in [3.05, 3.63) is 60.4 Å². The highest BCUT2D eigenvalue weighted by atomic mass is 14.7. The first kappa shape index (κ1) is 12.8. The Kier molecular flexibility index (Phi) is 3.01. The van der Waals surface area contributed by atoms with Gasteiger partial charge in [-0.15, -0.1) is 0 Å². The van der Waals surface area contributed by atoms with E-state index in [1.54, 1.807) is 0 Å². The maximum atomic E-state index is 4.53. The molecule has 0 radical (unpaired) electrons. The molecule has 0 atom stereocenters. The molecule has 0 spiro atoms. The van der Waals surface area contributed by atoms with Gasteiger partial charge >= 0.3 is 0 Å². The first-order valence-electron chi connectivity index (χ1n) is 6.86. The minimum absolute atomic E-state index is 0.177. The SMILES string of the molecule is CC(C)(C)c1ccc(-c2cc3ncccc3cn2)cc1. The van der Waals surface area contributed by atoms with Gasteiger partial charge in [-0.1, -0.05) is 45.0 Å². The number of fused-ring (bicyclic) bond motifs is 1. The van der Waals surface area contributed by atoms with Crippen molar-refractivity contribution >= 4 is 10.9 Å². The molecule has 20 heavy (non-hydrogen) atoms. The van der Waals surface area contributed by atoms with E-state index < -0.39 is 0 Å². The molecule has 0 fully saturated rings. The van der Waals surface area contributed by atoms with E-state index in [1.165, 1.54) is 5.56 Å². The van der Waals surface area contributed by atoms with Gasteiger partial charge in [-0.05, 0) is 29.2 Å². The first-order valence-corrected chi connectivity index (χ1v) is 6.86. The second kappa shape index (κ2) is 4.71. The van der Waals surface area contributed by atoms with Crippen LogP contribution in [0.2, 0.25) is 0 Å². The number of nitrogens with zero attached hydrogens (tertiary/aromatic N) is 2. The predicted molar refractivity (Wildman–Crippen MR) is 83.7 cm³/mol. The fourth-order valence-electron chi connectivity index (χ4n) is 2.26. The maximum Gasteiger partial charge on any atom is 0.0739 e. The molecule has 2 heterocycles. The highest BCUT2D eigenvalue weighted by Crippen LogP contribution is 2.26. The second-order valence-electron chi connectivity index (χ2n) is 6.09. The van der Waals surface area contributed by atoms with Gasteiger partial charge in [0.1, 0.15) is 0 Å². The molecule has 0 unspecified atom stereocenters. The van der Waals surface area contributed by atoms with Gasteiger partial charge in [0, 0.05) is 23.3 Å². The van der Waals surface area contributed by atoms with E-state index in [0.717, 1.165) is 22.2 Å². The molecular weight excluding hydrogens is 244 g/mol. The molecule has 0 amide bonds. The van der Waals surface area contributed by atoms with E-state index >= 15 is 0 Å². The van der Waals surface area contributed by atoms with Gasteiger partial charge in [-0.3, -0.25) is 9.97 Å². The van der Waals surface area contributed by atoms with Gasteiger partial charge in [0.05, 0.1) is 11.2 Å². The lowest BCUT2D eigenvalue weighted by Crippen LogP contribution is -2.10. The standard InChI is InChI=1S/C18H18N2/c1-18(2,3)15-8-6-13(7-9-15)16-11-17-14(12-20-16)5-4-10-19-17/h4-12H,1-3H3. The minimum atomic E-state index is 0.177. The quantitative estimate of drug-likeness (QED) is 0.640. The fraction of sp³-hybridized carbons (Fsp3) is 0.222. The third-order valence-electron chi connectivity index (χ3n) is 3.53. The molecule has 0 bridgehead atoms. The number of hydrogen-bond donors (Lipinski definition) is 0. The van der Waals surface area contributed by atoms with E-state index in [2.05, 4.69) is 55.0 Å². The molecule has 0 saturated carbocycles. The van der Waals surface area contributed by atoms with Crippen molar-refractivity contribution in [2.24, 2.45) is 0 Å². The molecule has 0 aliphatic heterocycles. The molecule has 0 aliphatic carbocycles. The Balaban J connectivity index is 2.02. The number of aromatic nitrogens is 2. The van der Waals surface area contributed by atoms with Crippen LogP contribution in [0.1, 0.15) is 26.3 Å². The molecule has 0 saturated heterocycles. The molecule has 1 aromatic carbocycles. The van der Waals surface area contributed by atoms with Crippen LogP contribution in [-0.2, 0) is 5.41 Å². The van der Waals surface area contributed by atoms with Crippen molar-refractivity contribution in [1.82, 2.24) is 9.97 Å². The Labute approximate surface area is 119 Å². The predicted octanol–water partition coefficient (Wildman–Crippen LogP) is 4.59. The zero-order valence-corrected chi connectivity index (χ0v) is 12.1. The van der Waals surface area contributed by atoms with E-state index in [9.17, 15) is 0 Å². The van der Waals surface area contributed by atoms with Gasteiger partial charge in [0.25, 0.3) is 0 Å². The Hall–Kier alpha value is -2.22. The first-order chi connectivity index (χ1) is 9.54. The van der Waals surface area contributed by atoms with Crippen LogP contribution in [0.25, 0.3) is 22.2 Å². The Bertz CT molecular complexity index is 737. The molecular formula is C18H18N2. The summed E-state index contributed by atoms with van der Waals surface area (Å²) in [5.74, 6) is 0. The highest BCUT2D eigenvalue weighted by Gasteiger charge is 2.13. The molecule has 2 nitrogen and oxygen atoms in total. The van der Waals surface area contributed by atoms with Gasteiger partial charge in [-0.25, -0.2) is 0 Å². The topological polar surface area (TPSA) is 25.8 Å². The molecule has 100 valence electrons. The summed E-state index contributed by atoms with van der Waals surface area (Å²) >= 11 is 0. The maximum absolute atomic E-state index is 4.53. The lowest BCUT2D eigenvalue weighted by atomic mass is 9.86. The van der Waals surface area contributed by atoms with Crippen LogP contribution in [0.15, 0.2) is 54.9 Å². The third kappa shape index (κ3) is 2.42. The molecule has 0 N–H and O–H groups in total. The van der Waals surface area contributed by atoms with Crippen LogP contribution in [-0.4, -0.2) is 9.97 Å². The summed E-state index contributed by atoms with van der Waals surface area (Å²) in [6.45, 7) is 6.67. The second-order valence-corrected chi connectivity index (χ2v) is 6.09. The van der Waals surface area contributed by atoms with Gasteiger partial charge in [-0.2, -0.15) is 0 Å². The summed E-state index contributed by atoms with van der Waals surface area (Å²) in [5.41, 5.74) is 4.59. The van der Waals surface area contributed by atoms with Crippen LogP contribution in [0.5, 0.6) is 0 Å². The van der Waals surface area contributed by atoms with Crippen LogP contribution in [0, 0.1) is 0 Å². The number of benzene rings is 1. The fourth-order valence-corrected chi connectivity index (χ4v) is 2.26. The number of rotatable bonds is 1. The number of hydrogen-bond acceptors (Lipinski definition) is 2.